The van der Waals surface area contributed by atoms with Gasteiger partial charge in [0.1, 0.15) is 11.5 Å². The van der Waals surface area contributed by atoms with E-state index < -0.39 is 0 Å². The largest absolute Gasteiger partial charge is 0.456 e. The molecule has 1 aromatic heterocycles. The van der Waals surface area contributed by atoms with E-state index >= 15 is 0 Å². The Hall–Kier alpha value is -4.69. The molecule has 5 aromatic carbocycles. The second-order valence-electron chi connectivity index (χ2n) is 8.78. The van der Waals surface area contributed by atoms with Gasteiger partial charge in [-0.15, -0.1) is 0 Å². The van der Waals surface area contributed by atoms with Crippen LogP contribution in [0.2, 0.25) is 0 Å². The maximum atomic E-state index is 6.32. The molecule has 0 spiro atoms. The molecular formula is C33H21NO. The molecule has 2 heteroatoms. The molecule has 0 saturated carbocycles. The van der Waals surface area contributed by atoms with E-state index in [-0.39, 0.29) is 0 Å². The van der Waals surface area contributed by atoms with Crippen LogP contribution in [0.3, 0.4) is 0 Å². The third kappa shape index (κ3) is 3.23. The fourth-order valence-electron chi connectivity index (χ4n) is 5.11. The zero-order chi connectivity index (χ0) is 23.2. The third-order valence-electron chi connectivity index (χ3n) is 6.75. The van der Waals surface area contributed by atoms with Crippen molar-refractivity contribution in [2.75, 3.05) is 0 Å². The predicted octanol–water partition coefficient (Wildman–Crippen LogP) is 9.01. The van der Waals surface area contributed by atoms with Gasteiger partial charge in [0.25, 0.3) is 0 Å². The summed E-state index contributed by atoms with van der Waals surface area (Å²) in [5.41, 5.74) is 9.01. The summed E-state index contributed by atoms with van der Waals surface area (Å²) in [4.78, 5) is 4.90. The fourth-order valence-corrected chi connectivity index (χ4v) is 5.11. The van der Waals surface area contributed by atoms with Crippen molar-refractivity contribution in [3.05, 3.63) is 128 Å². The molecule has 2 nitrogen and oxygen atoms in total. The van der Waals surface area contributed by atoms with Crippen LogP contribution in [0.5, 0.6) is 11.5 Å². The Bertz CT molecular complexity index is 1710. The lowest BCUT2D eigenvalue weighted by molar-refractivity contribution is 0.487. The number of nitrogens with zero attached hydrogens (tertiary/aromatic N) is 1. The number of aromatic nitrogens is 1. The van der Waals surface area contributed by atoms with Crippen molar-refractivity contribution in [2.24, 2.45) is 0 Å². The summed E-state index contributed by atoms with van der Waals surface area (Å²) in [5, 5.41) is 2.32. The van der Waals surface area contributed by atoms with Crippen molar-refractivity contribution in [3.8, 4) is 56.1 Å². The van der Waals surface area contributed by atoms with E-state index in [0.29, 0.717) is 0 Å². The molecule has 6 aromatic rings. The van der Waals surface area contributed by atoms with Gasteiger partial charge in [-0.3, -0.25) is 4.98 Å². The normalized spacial score (nSPS) is 11.7. The molecule has 35 heavy (non-hydrogen) atoms. The van der Waals surface area contributed by atoms with E-state index in [1.54, 1.807) is 0 Å². The Morgan fingerprint density at radius 2 is 1.17 bits per heavy atom. The zero-order valence-electron chi connectivity index (χ0n) is 19.0. The van der Waals surface area contributed by atoms with Gasteiger partial charge in [0.2, 0.25) is 0 Å². The predicted molar refractivity (Wildman–Crippen MR) is 144 cm³/mol. The van der Waals surface area contributed by atoms with Gasteiger partial charge in [-0.25, -0.2) is 0 Å². The van der Waals surface area contributed by atoms with Gasteiger partial charge in [-0.1, -0.05) is 97.1 Å². The first-order chi connectivity index (χ1) is 17.4. The molecule has 0 unspecified atom stereocenters. The highest BCUT2D eigenvalue weighted by atomic mass is 16.5. The molecule has 0 atom stereocenters. The molecule has 0 fully saturated rings. The maximum Gasteiger partial charge on any atom is 0.135 e. The first kappa shape index (κ1) is 19.7. The van der Waals surface area contributed by atoms with Crippen LogP contribution in [-0.4, -0.2) is 4.98 Å². The van der Waals surface area contributed by atoms with Crippen LogP contribution in [0.25, 0.3) is 55.4 Å². The number of fused-ring (bicyclic) bond motifs is 2. The standard InChI is InChI=1S/C33H21NO/c1-3-10-22(11-4-1)28-20-30(23-12-5-2-6-13-23)34-21-29(28)24-18-19-32-33-26(24)15-9-16-27(33)25-14-7-8-17-31(25)35-32/h1-21H. The summed E-state index contributed by atoms with van der Waals surface area (Å²) in [6.07, 6.45) is 2.02. The molecule has 164 valence electrons. The summed E-state index contributed by atoms with van der Waals surface area (Å²) >= 11 is 0. The molecular weight excluding hydrogens is 426 g/mol. The maximum absolute atomic E-state index is 6.32. The minimum absolute atomic E-state index is 0.896. The quantitative estimate of drug-likeness (QED) is 0.270. The molecule has 0 amide bonds. The van der Waals surface area contributed by atoms with Gasteiger partial charge < -0.3 is 4.74 Å². The second kappa shape index (κ2) is 7.96. The minimum atomic E-state index is 0.896. The van der Waals surface area contributed by atoms with Crippen molar-refractivity contribution >= 4 is 10.8 Å². The Morgan fingerprint density at radius 3 is 2.00 bits per heavy atom. The Morgan fingerprint density at radius 1 is 0.457 bits per heavy atom. The van der Waals surface area contributed by atoms with Crippen LogP contribution in [0.15, 0.2) is 128 Å². The molecule has 0 radical (unpaired) electrons. The molecule has 7 rings (SSSR count). The molecule has 1 aliphatic heterocycles. The number of hydrogen-bond donors (Lipinski definition) is 0. The lowest BCUT2D eigenvalue weighted by Gasteiger charge is -2.23. The lowest BCUT2D eigenvalue weighted by Crippen LogP contribution is -1.98. The Balaban J connectivity index is 1.50. The van der Waals surface area contributed by atoms with Gasteiger partial charge >= 0.3 is 0 Å². The van der Waals surface area contributed by atoms with Gasteiger partial charge in [0.15, 0.2) is 0 Å². The van der Waals surface area contributed by atoms with Gasteiger partial charge in [0.05, 0.1) is 5.69 Å². The average molecular weight is 448 g/mol. The van der Waals surface area contributed by atoms with Gasteiger partial charge in [-0.05, 0) is 51.9 Å². The molecule has 0 bridgehead atoms. The van der Waals surface area contributed by atoms with Crippen LogP contribution in [0.4, 0.5) is 0 Å². The topological polar surface area (TPSA) is 22.1 Å². The highest BCUT2D eigenvalue weighted by Crippen LogP contribution is 2.49. The smallest absolute Gasteiger partial charge is 0.135 e. The number of pyridine rings is 1. The molecule has 0 N–H and O–H groups in total. The van der Waals surface area contributed by atoms with Crippen molar-refractivity contribution in [1.29, 1.82) is 0 Å². The van der Waals surface area contributed by atoms with E-state index in [2.05, 4.69) is 103 Å². The Kier molecular flexibility index (Phi) is 4.49. The van der Waals surface area contributed by atoms with Crippen LogP contribution in [-0.2, 0) is 0 Å². The van der Waals surface area contributed by atoms with Crippen LogP contribution in [0.1, 0.15) is 0 Å². The van der Waals surface area contributed by atoms with E-state index in [0.717, 1.165) is 50.4 Å². The number of rotatable bonds is 3. The molecule has 1 aliphatic rings. The molecule has 2 heterocycles. The summed E-state index contributed by atoms with van der Waals surface area (Å²) in [7, 11) is 0. The van der Waals surface area contributed by atoms with E-state index in [1.807, 2.05) is 24.4 Å². The fraction of sp³-hybridized carbons (Fsp3) is 0. The lowest BCUT2D eigenvalue weighted by atomic mass is 9.88. The van der Waals surface area contributed by atoms with Crippen molar-refractivity contribution < 1.29 is 4.74 Å². The third-order valence-corrected chi connectivity index (χ3v) is 6.75. The number of ether oxygens (including phenoxy) is 1. The second-order valence-corrected chi connectivity index (χ2v) is 8.78. The highest BCUT2D eigenvalue weighted by molar-refractivity contribution is 6.11. The van der Waals surface area contributed by atoms with Gasteiger partial charge in [0, 0.05) is 28.3 Å². The first-order valence-corrected chi connectivity index (χ1v) is 11.8. The summed E-state index contributed by atoms with van der Waals surface area (Å²) in [6.45, 7) is 0. The zero-order valence-corrected chi connectivity index (χ0v) is 19.0. The van der Waals surface area contributed by atoms with Crippen molar-refractivity contribution in [3.63, 3.8) is 0 Å². The van der Waals surface area contributed by atoms with E-state index in [9.17, 15) is 0 Å². The first-order valence-electron chi connectivity index (χ1n) is 11.8. The SMILES string of the molecule is c1ccc(-c2cc(-c3ccccc3)c(-c3ccc4c5c(cccc35)-c3ccccc3O4)cn2)cc1. The average Bonchev–Trinajstić information content (AvgIpc) is 2.94. The number of para-hydroxylation sites is 1. The van der Waals surface area contributed by atoms with Crippen LogP contribution >= 0.6 is 0 Å². The summed E-state index contributed by atoms with van der Waals surface area (Å²) < 4.78 is 6.32. The van der Waals surface area contributed by atoms with E-state index in [4.69, 9.17) is 9.72 Å². The van der Waals surface area contributed by atoms with Crippen molar-refractivity contribution in [1.82, 2.24) is 4.98 Å². The minimum Gasteiger partial charge on any atom is -0.456 e. The highest BCUT2D eigenvalue weighted by Gasteiger charge is 2.22. The molecule has 0 aliphatic carbocycles. The van der Waals surface area contributed by atoms with Crippen molar-refractivity contribution in [2.45, 2.75) is 0 Å². The van der Waals surface area contributed by atoms with Crippen LogP contribution in [0, 0.1) is 0 Å². The monoisotopic (exact) mass is 447 g/mol. The summed E-state index contributed by atoms with van der Waals surface area (Å²) in [5.74, 6) is 1.80. The van der Waals surface area contributed by atoms with Gasteiger partial charge in [-0.2, -0.15) is 0 Å². The Labute approximate surface area is 204 Å². The summed E-state index contributed by atoms with van der Waals surface area (Å²) in [6, 6.07) is 42.1. The number of hydrogen-bond acceptors (Lipinski definition) is 2. The van der Waals surface area contributed by atoms with E-state index in [1.165, 1.54) is 16.5 Å². The molecule has 0 saturated heterocycles. The van der Waals surface area contributed by atoms with Crippen LogP contribution < -0.4 is 4.74 Å². The number of benzene rings is 5.